The highest BCUT2D eigenvalue weighted by atomic mass is 16.2. The summed E-state index contributed by atoms with van der Waals surface area (Å²) in [6, 6.07) is 9.89. The van der Waals surface area contributed by atoms with Gasteiger partial charge in [-0.2, -0.15) is 0 Å². The number of anilines is 1. The van der Waals surface area contributed by atoms with Crippen LogP contribution in [0.15, 0.2) is 30.3 Å². The van der Waals surface area contributed by atoms with E-state index in [1.54, 1.807) is 0 Å². The third-order valence-corrected chi connectivity index (χ3v) is 4.37. The van der Waals surface area contributed by atoms with Crippen LogP contribution >= 0.6 is 0 Å². The Balaban J connectivity index is 1.46. The Morgan fingerprint density at radius 2 is 1.72 bits per heavy atom. The van der Waals surface area contributed by atoms with Crippen LogP contribution in [0, 0.1) is 5.41 Å². The van der Waals surface area contributed by atoms with E-state index in [0.29, 0.717) is 11.5 Å². The molecule has 0 aliphatic heterocycles. The number of carbonyl (C=O) groups excluding carboxylic acids is 1. The summed E-state index contributed by atoms with van der Waals surface area (Å²) in [5.74, 6) is 0. The minimum atomic E-state index is -0.0713. The molecule has 1 aromatic carbocycles. The van der Waals surface area contributed by atoms with Crippen LogP contribution in [0.3, 0.4) is 0 Å². The van der Waals surface area contributed by atoms with Gasteiger partial charge < -0.3 is 10.6 Å². The smallest absolute Gasteiger partial charge is 0.319 e. The summed E-state index contributed by atoms with van der Waals surface area (Å²) in [6.45, 7) is 0. The van der Waals surface area contributed by atoms with Crippen molar-refractivity contribution in [2.24, 2.45) is 5.41 Å². The van der Waals surface area contributed by atoms with Gasteiger partial charge in [-0.05, 0) is 56.1 Å². The maximum absolute atomic E-state index is 11.8. The number of rotatable bonds is 2. The lowest BCUT2D eigenvalue weighted by molar-refractivity contribution is 0.234. The molecule has 0 radical (unpaired) electrons. The normalized spacial score (nSPS) is 21.6. The van der Waals surface area contributed by atoms with Crippen molar-refractivity contribution in [3.63, 3.8) is 0 Å². The summed E-state index contributed by atoms with van der Waals surface area (Å²) < 4.78 is 0. The second-order valence-electron chi connectivity index (χ2n) is 5.74. The third-order valence-electron chi connectivity index (χ3n) is 4.37. The lowest BCUT2D eigenvalue weighted by atomic mass is 9.83. The van der Waals surface area contributed by atoms with Crippen molar-refractivity contribution < 1.29 is 4.79 Å². The largest absolute Gasteiger partial charge is 0.335 e. The molecule has 0 atom stereocenters. The second-order valence-corrected chi connectivity index (χ2v) is 5.74. The molecule has 0 heterocycles. The average Bonchev–Trinajstić information content (AvgIpc) is 3.14. The molecule has 3 nitrogen and oxygen atoms in total. The molecular formula is C15H20N2O. The first-order valence-corrected chi connectivity index (χ1v) is 6.88. The fourth-order valence-electron chi connectivity index (χ4n) is 2.93. The van der Waals surface area contributed by atoms with E-state index in [9.17, 15) is 4.79 Å². The fourth-order valence-corrected chi connectivity index (χ4v) is 2.93. The van der Waals surface area contributed by atoms with Gasteiger partial charge in [-0.1, -0.05) is 18.2 Å². The Hall–Kier alpha value is -1.51. The molecule has 96 valence electrons. The maximum atomic E-state index is 11.8. The molecule has 3 rings (SSSR count). The molecule has 3 heteroatoms. The van der Waals surface area contributed by atoms with E-state index in [2.05, 4.69) is 10.6 Å². The van der Waals surface area contributed by atoms with Crippen LogP contribution in [-0.2, 0) is 0 Å². The lowest BCUT2D eigenvalue weighted by Crippen LogP contribution is -2.40. The van der Waals surface area contributed by atoms with Crippen LogP contribution in [0.25, 0.3) is 0 Å². The van der Waals surface area contributed by atoms with Gasteiger partial charge in [0.25, 0.3) is 0 Å². The van der Waals surface area contributed by atoms with Gasteiger partial charge in [0, 0.05) is 11.7 Å². The van der Waals surface area contributed by atoms with E-state index in [-0.39, 0.29) is 6.03 Å². The Bertz CT molecular complexity index is 415. The highest BCUT2D eigenvalue weighted by Gasteiger charge is 2.44. The van der Waals surface area contributed by atoms with Crippen molar-refractivity contribution in [2.45, 2.75) is 44.6 Å². The van der Waals surface area contributed by atoms with Crippen LogP contribution in [0.2, 0.25) is 0 Å². The summed E-state index contributed by atoms with van der Waals surface area (Å²) in [6.07, 6.45) is 7.70. The van der Waals surface area contributed by atoms with E-state index in [1.807, 2.05) is 30.3 Å². The van der Waals surface area contributed by atoms with Gasteiger partial charge in [-0.25, -0.2) is 4.79 Å². The number of benzene rings is 1. The maximum Gasteiger partial charge on any atom is 0.319 e. The monoisotopic (exact) mass is 244 g/mol. The molecule has 2 N–H and O–H groups in total. The Kier molecular flexibility index (Phi) is 2.98. The first-order chi connectivity index (χ1) is 8.76. The van der Waals surface area contributed by atoms with Gasteiger partial charge in [0.15, 0.2) is 0 Å². The summed E-state index contributed by atoms with van der Waals surface area (Å²) >= 11 is 0. The van der Waals surface area contributed by atoms with E-state index < -0.39 is 0 Å². The zero-order valence-corrected chi connectivity index (χ0v) is 10.6. The third kappa shape index (κ3) is 2.66. The molecule has 0 aromatic heterocycles. The Morgan fingerprint density at radius 3 is 2.33 bits per heavy atom. The molecule has 2 aliphatic carbocycles. The highest BCUT2D eigenvalue weighted by Crippen LogP contribution is 2.56. The van der Waals surface area contributed by atoms with Crippen molar-refractivity contribution in [3.05, 3.63) is 30.3 Å². The van der Waals surface area contributed by atoms with Crippen molar-refractivity contribution in [1.29, 1.82) is 0 Å². The first-order valence-electron chi connectivity index (χ1n) is 6.88. The molecule has 0 unspecified atom stereocenters. The number of urea groups is 1. The minimum absolute atomic E-state index is 0.0713. The van der Waals surface area contributed by atoms with E-state index in [1.165, 1.54) is 25.7 Å². The summed E-state index contributed by atoms with van der Waals surface area (Å²) in [5.41, 5.74) is 1.54. The Morgan fingerprint density at radius 1 is 1.06 bits per heavy atom. The van der Waals surface area contributed by atoms with Crippen LogP contribution in [0.1, 0.15) is 38.5 Å². The lowest BCUT2D eigenvalue weighted by Gasteiger charge is -2.29. The second kappa shape index (κ2) is 4.63. The van der Waals surface area contributed by atoms with E-state index >= 15 is 0 Å². The van der Waals surface area contributed by atoms with Crippen LogP contribution in [0.5, 0.6) is 0 Å². The number of hydrogen-bond donors (Lipinski definition) is 2. The summed E-state index contributed by atoms with van der Waals surface area (Å²) in [5, 5.41) is 5.96. The van der Waals surface area contributed by atoms with Crippen molar-refractivity contribution in [2.75, 3.05) is 5.32 Å². The molecule has 18 heavy (non-hydrogen) atoms. The van der Waals surface area contributed by atoms with Crippen LogP contribution < -0.4 is 10.6 Å². The van der Waals surface area contributed by atoms with Gasteiger partial charge in [0.1, 0.15) is 0 Å². The van der Waals surface area contributed by atoms with Crippen LogP contribution in [0.4, 0.5) is 10.5 Å². The Labute approximate surface area is 108 Å². The molecule has 0 bridgehead atoms. The SMILES string of the molecule is O=C(Nc1ccccc1)NC1CCC2(CC1)CC2. The molecule has 2 fully saturated rings. The minimum Gasteiger partial charge on any atom is -0.335 e. The fraction of sp³-hybridized carbons (Fsp3) is 0.533. The highest BCUT2D eigenvalue weighted by molar-refractivity contribution is 5.89. The van der Waals surface area contributed by atoms with Gasteiger partial charge in [0.05, 0.1) is 0 Å². The van der Waals surface area contributed by atoms with E-state index in [4.69, 9.17) is 0 Å². The first kappa shape index (κ1) is 11.6. The number of carbonyl (C=O) groups is 1. The summed E-state index contributed by atoms with van der Waals surface area (Å²) in [4.78, 5) is 11.8. The molecular weight excluding hydrogens is 224 g/mol. The van der Waals surface area contributed by atoms with Gasteiger partial charge >= 0.3 is 6.03 Å². The number of para-hydroxylation sites is 1. The number of amides is 2. The van der Waals surface area contributed by atoms with Crippen LogP contribution in [-0.4, -0.2) is 12.1 Å². The van der Waals surface area contributed by atoms with Crippen molar-refractivity contribution in [3.8, 4) is 0 Å². The topological polar surface area (TPSA) is 41.1 Å². The molecule has 1 aromatic rings. The van der Waals surface area contributed by atoms with Crippen molar-refractivity contribution >= 4 is 11.7 Å². The quantitative estimate of drug-likeness (QED) is 0.821. The molecule has 0 saturated heterocycles. The molecule has 2 amide bonds. The van der Waals surface area contributed by atoms with Gasteiger partial charge in [0.2, 0.25) is 0 Å². The molecule has 2 aliphatic rings. The zero-order valence-electron chi connectivity index (χ0n) is 10.6. The van der Waals surface area contributed by atoms with Crippen molar-refractivity contribution in [1.82, 2.24) is 5.32 Å². The number of nitrogens with one attached hydrogen (secondary N) is 2. The zero-order chi connectivity index (χ0) is 12.4. The molecule has 2 saturated carbocycles. The predicted molar refractivity (Wildman–Crippen MR) is 72.5 cm³/mol. The van der Waals surface area contributed by atoms with E-state index in [0.717, 1.165) is 18.5 Å². The number of hydrogen-bond acceptors (Lipinski definition) is 1. The average molecular weight is 244 g/mol. The summed E-state index contributed by atoms with van der Waals surface area (Å²) in [7, 11) is 0. The molecule has 1 spiro atoms. The predicted octanol–water partition coefficient (Wildman–Crippen LogP) is 3.53. The van der Waals surface area contributed by atoms with Gasteiger partial charge in [-0.15, -0.1) is 0 Å². The standard InChI is InChI=1S/C15H20N2O/c18-14(16-12-4-2-1-3-5-12)17-13-6-8-15(9-7-13)10-11-15/h1-5,13H,6-11H2,(H2,16,17,18). The van der Waals surface area contributed by atoms with Gasteiger partial charge in [-0.3, -0.25) is 0 Å².